The van der Waals surface area contributed by atoms with Crippen LogP contribution in [0, 0.1) is 0 Å². The van der Waals surface area contributed by atoms with Crippen LogP contribution in [0.3, 0.4) is 0 Å². The molecule has 1 aromatic heterocycles. The number of para-hydroxylation sites is 1. The number of carbonyl (C=O) groups is 1. The zero-order valence-corrected chi connectivity index (χ0v) is 18.8. The summed E-state index contributed by atoms with van der Waals surface area (Å²) in [5.41, 5.74) is 5.33. The monoisotopic (exact) mass is 491 g/mol. The maximum atomic E-state index is 12.3. The van der Waals surface area contributed by atoms with Crippen molar-refractivity contribution in [3.63, 3.8) is 0 Å². The Morgan fingerprint density at radius 3 is 2.48 bits per heavy atom. The molecule has 1 N–H and O–H groups in total. The SMILES string of the molecule is O=C(CSc1nnc(-c2ccccc2)n1-c1ccccc1)NN=Cc1cccc(Br)c1. The summed E-state index contributed by atoms with van der Waals surface area (Å²) in [6, 6.07) is 27.4. The van der Waals surface area contributed by atoms with Crippen molar-refractivity contribution in [2.45, 2.75) is 5.16 Å². The Labute approximate surface area is 192 Å². The molecular formula is C23H18BrN5OS. The summed E-state index contributed by atoms with van der Waals surface area (Å²) in [6.07, 6.45) is 1.60. The first-order valence-electron chi connectivity index (χ1n) is 9.47. The van der Waals surface area contributed by atoms with Crippen molar-refractivity contribution < 1.29 is 4.79 Å². The average molecular weight is 492 g/mol. The fourth-order valence-corrected chi connectivity index (χ4v) is 4.04. The highest BCUT2D eigenvalue weighted by Crippen LogP contribution is 2.27. The van der Waals surface area contributed by atoms with Gasteiger partial charge in [-0.1, -0.05) is 88.4 Å². The number of aromatic nitrogens is 3. The maximum Gasteiger partial charge on any atom is 0.250 e. The van der Waals surface area contributed by atoms with Crippen molar-refractivity contribution in [3.05, 3.63) is 95.0 Å². The van der Waals surface area contributed by atoms with Gasteiger partial charge in [0.15, 0.2) is 11.0 Å². The summed E-state index contributed by atoms with van der Waals surface area (Å²) >= 11 is 4.72. The molecule has 0 aliphatic carbocycles. The number of amides is 1. The van der Waals surface area contributed by atoms with Gasteiger partial charge < -0.3 is 0 Å². The Balaban J connectivity index is 1.48. The third-order valence-corrected chi connectivity index (χ3v) is 5.69. The molecule has 3 aromatic carbocycles. The fraction of sp³-hybridized carbons (Fsp3) is 0.0435. The van der Waals surface area contributed by atoms with Crippen molar-refractivity contribution >= 4 is 39.8 Å². The molecule has 0 atom stereocenters. The van der Waals surface area contributed by atoms with Crippen LogP contribution in [-0.2, 0) is 4.79 Å². The molecule has 1 amide bonds. The lowest BCUT2D eigenvalue weighted by Crippen LogP contribution is -2.20. The second kappa shape index (κ2) is 10.2. The molecule has 4 rings (SSSR count). The number of hydrazone groups is 1. The summed E-state index contributed by atoms with van der Waals surface area (Å²) in [4.78, 5) is 12.3. The number of hydrogen-bond donors (Lipinski definition) is 1. The number of thioether (sulfide) groups is 1. The van der Waals surface area contributed by atoms with Gasteiger partial charge in [0.1, 0.15) is 0 Å². The zero-order valence-electron chi connectivity index (χ0n) is 16.4. The molecule has 8 heteroatoms. The van der Waals surface area contributed by atoms with Crippen LogP contribution in [0.25, 0.3) is 17.1 Å². The van der Waals surface area contributed by atoms with Crippen LogP contribution in [0.5, 0.6) is 0 Å². The molecule has 154 valence electrons. The molecule has 1 heterocycles. The van der Waals surface area contributed by atoms with E-state index in [-0.39, 0.29) is 11.7 Å². The number of hydrogen-bond acceptors (Lipinski definition) is 5. The lowest BCUT2D eigenvalue weighted by molar-refractivity contribution is -0.118. The number of nitrogens with zero attached hydrogens (tertiary/aromatic N) is 4. The molecule has 0 radical (unpaired) electrons. The van der Waals surface area contributed by atoms with E-state index >= 15 is 0 Å². The highest BCUT2D eigenvalue weighted by Gasteiger charge is 2.16. The van der Waals surface area contributed by atoms with Crippen molar-refractivity contribution in [2.75, 3.05) is 5.75 Å². The topological polar surface area (TPSA) is 72.2 Å². The minimum atomic E-state index is -0.222. The number of carbonyl (C=O) groups excluding carboxylic acids is 1. The van der Waals surface area contributed by atoms with Gasteiger partial charge in [0, 0.05) is 15.7 Å². The van der Waals surface area contributed by atoms with E-state index in [0.29, 0.717) is 5.16 Å². The second-order valence-electron chi connectivity index (χ2n) is 6.48. The third-order valence-electron chi connectivity index (χ3n) is 4.26. The van der Waals surface area contributed by atoms with Gasteiger partial charge in [-0.3, -0.25) is 9.36 Å². The standard InChI is InChI=1S/C23H18BrN5OS/c24-19-11-7-8-17(14-19)15-25-26-21(30)16-31-23-28-27-22(18-9-3-1-4-10-18)29(23)20-12-5-2-6-13-20/h1-15H,16H2,(H,26,30). The summed E-state index contributed by atoms with van der Waals surface area (Å²) in [7, 11) is 0. The van der Waals surface area contributed by atoms with E-state index in [1.807, 2.05) is 89.5 Å². The van der Waals surface area contributed by atoms with Crippen molar-refractivity contribution in [1.29, 1.82) is 0 Å². The van der Waals surface area contributed by atoms with Gasteiger partial charge in [-0.15, -0.1) is 10.2 Å². The number of benzene rings is 3. The average Bonchev–Trinajstić information content (AvgIpc) is 3.23. The first-order valence-corrected chi connectivity index (χ1v) is 11.2. The van der Waals surface area contributed by atoms with Gasteiger partial charge in [0.2, 0.25) is 0 Å². The molecule has 6 nitrogen and oxygen atoms in total. The Kier molecular flexibility index (Phi) is 6.91. The van der Waals surface area contributed by atoms with Crippen LogP contribution in [-0.4, -0.2) is 32.6 Å². The number of halogens is 1. The molecule has 0 saturated heterocycles. The predicted molar refractivity (Wildman–Crippen MR) is 127 cm³/mol. The van der Waals surface area contributed by atoms with Gasteiger partial charge in [0.05, 0.1) is 12.0 Å². The maximum absolute atomic E-state index is 12.3. The lowest BCUT2D eigenvalue weighted by atomic mass is 10.2. The highest BCUT2D eigenvalue weighted by molar-refractivity contribution is 9.10. The second-order valence-corrected chi connectivity index (χ2v) is 8.34. The molecule has 4 aromatic rings. The highest BCUT2D eigenvalue weighted by atomic mass is 79.9. The third kappa shape index (κ3) is 5.48. The van der Waals surface area contributed by atoms with Gasteiger partial charge in [-0.25, -0.2) is 5.43 Å². The van der Waals surface area contributed by atoms with Gasteiger partial charge in [0.25, 0.3) is 5.91 Å². The molecule has 0 spiro atoms. The van der Waals surface area contributed by atoms with Crippen LogP contribution in [0.2, 0.25) is 0 Å². The molecule has 0 saturated carbocycles. The molecule has 0 bridgehead atoms. The fourth-order valence-electron chi connectivity index (χ4n) is 2.88. The van der Waals surface area contributed by atoms with Crippen molar-refractivity contribution in [3.8, 4) is 17.1 Å². The van der Waals surface area contributed by atoms with E-state index in [9.17, 15) is 4.79 Å². The summed E-state index contributed by atoms with van der Waals surface area (Å²) in [6.45, 7) is 0. The molecule has 0 aliphatic rings. The van der Waals surface area contributed by atoms with E-state index in [1.54, 1.807) is 6.21 Å². The first-order chi connectivity index (χ1) is 15.2. The molecule has 31 heavy (non-hydrogen) atoms. The molecule has 0 aliphatic heterocycles. The van der Waals surface area contributed by atoms with E-state index in [2.05, 4.69) is 36.7 Å². The van der Waals surface area contributed by atoms with Gasteiger partial charge >= 0.3 is 0 Å². The summed E-state index contributed by atoms with van der Waals surface area (Å²) < 4.78 is 2.91. The van der Waals surface area contributed by atoms with Crippen molar-refractivity contribution in [1.82, 2.24) is 20.2 Å². The zero-order chi connectivity index (χ0) is 21.5. The number of rotatable bonds is 7. The first kappa shape index (κ1) is 21.0. The van der Waals surface area contributed by atoms with Crippen LogP contribution in [0.1, 0.15) is 5.56 Å². The molecule has 0 fully saturated rings. The Hall–Kier alpha value is -3.23. The summed E-state index contributed by atoms with van der Waals surface area (Å²) in [5.74, 6) is 0.665. The Bertz CT molecular complexity index is 1200. The largest absolute Gasteiger partial charge is 0.272 e. The minimum Gasteiger partial charge on any atom is -0.272 e. The molecule has 0 unspecified atom stereocenters. The predicted octanol–water partition coefficient (Wildman–Crippen LogP) is 4.94. The van der Waals surface area contributed by atoms with E-state index in [1.165, 1.54) is 11.8 Å². The van der Waals surface area contributed by atoms with Crippen molar-refractivity contribution in [2.24, 2.45) is 5.10 Å². The summed E-state index contributed by atoms with van der Waals surface area (Å²) in [5, 5.41) is 13.4. The van der Waals surface area contributed by atoms with E-state index in [4.69, 9.17) is 0 Å². The quantitative estimate of drug-likeness (QED) is 0.225. The minimum absolute atomic E-state index is 0.162. The van der Waals surface area contributed by atoms with E-state index < -0.39 is 0 Å². The Morgan fingerprint density at radius 2 is 1.74 bits per heavy atom. The Morgan fingerprint density at radius 1 is 1.00 bits per heavy atom. The van der Waals surface area contributed by atoms with Gasteiger partial charge in [-0.05, 0) is 29.8 Å². The lowest BCUT2D eigenvalue weighted by Gasteiger charge is -2.10. The smallest absolute Gasteiger partial charge is 0.250 e. The van der Waals surface area contributed by atoms with Crippen LogP contribution >= 0.6 is 27.7 Å². The van der Waals surface area contributed by atoms with Crippen LogP contribution in [0.15, 0.2) is 99.7 Å². The molecular weight excluding hydrogens is 474 g/mol. The van der Waals surface area contributed by atoms with E-state index in [0.717, 1.165) is 27.1 Å². The van der Waals surface area contributed by atoms with Gasteiger partial charge in [-0.2, -0.15) is 5.10 Å². The van der Waals surface area contributed by atoms with Crippen LogP contribution in [0.4, 0.5) is 0 Å². The normalized spacial score (nSPS) is 11.0. The number of nitrogens with one attached hydrogen (secondary N) is 1. The van der Waals surface area contributed by atoms with Crippen LogP contribution < -0.4 is 5.43 Å².